The highest BCUT2D eigenvalue weighted by Crippen LogP contribution is 2.28. The smallest absolute Gasteiger partial charge is 0.227 e. The van der Waals surface area contributed by atoms with Crippen LogP contribution in [-0.4, -0.2) is 47.8 Å². The lowest BCUT2D eigenvalue weighted by Crippen LogP contribution is -2.52. The number of piperazine rings is 1. The Hall–Kier alpha value is -1.84. The van der Waals surface area contributed by atoms with Crippen molar-refractivity contribution in [3.63, 3.8) is 0 Å². The minimum Gasteiger partial charge on any atom is -0.339 e. The Morgan fingerprint density at radius 2 is 1.68 bits per heavy atom. The monoisotopic (exact) mass is 300 g/mol. The van der Waals surface area contributed by atoms with Gasteiger partial charge < -0.3 is 9.80 Å². The Morgan fingerprint density at radius 1 is 1.05 bits per heavy atom. The molecule has 2 amide bonds. The van der Waals surface area contributed by atoms with Crippen LogP contribution >= 0.6 is 0 Å². The van der Waals surface area contributed by atoms with E-state index in [1.54, 1.807) is 0 Å². The normalized spacial score (nSPS) is 19.0. The van der Waals surface area contributed by atoms with E-state index in [0.717, 1.165) is 24.0 Å². The topological polar surface area (TPSA) is 40.6 Å². The molecule has 118 valence electrons. The maximum Gasteiger partial charge on any atom is 0.227 e. The van der Waals surface area contributed by atoms with E-state index in [1.165, 1.54) is 6.42 Å². The fourth-order valence-electron chi connectivity index (χ4n) is 3.17. The molecule has 1 saturated carbocycles. The zero-order valence-corrected chi connectivity index (χ0v) is 13.3. The Kier molecular flexibility index (Phi) is 4.46. The van der Waals surface area contributed by atoms with E-state index in [0.29, 0.717) is 38.5 Å². The first-order valence-electron chi connectivity index (χ1n) is 8.26. The number of hydrogen-bond acceptors (Lipinski definition) is 2. The summed E-state index contributed by atoms with van der Waals surface area (Å²) >= 11 is 0. The van der Waals surface area contributed by atoms with Crippen molar-refractivity contribution in [3.05, 3.63) is 35.4 Å². The molecule has 1 heterocycles. The van der Waals surface area contributed by atoms with Gasteiger partial charge in [-0.2, -0.15) is 0 Å². The van der Waals surface area contributed by atoms with Crippen LogP contribution in [-0.2, 0) is 16.0 Å². The number of aryl methyl sites for hydroxylation is 1. The van der Waals surface area contributed by atoms with Gasteiger partial charge in [-0.15, -0.1) is 0 Å². The van der Waals surface area contributed by atoms with Gasteiger partial charge in [0, 0.05) is 32.1 Å². The number of rotatable bonds is 3. The Balaban J connectivity index is 1.51. The molecule has 3 rings (SSSR count). The first-order valence-corrected chi connectivity index (χ1v) is 8.26. The molecule has 1 aliphatic heterocycles. The van der Waals surface area contributed by atoms with E-state index in [4.69, 9.17) is 0 Å². The summed E-state index contributed by atoms with van der Waals surface area (Å²) in [6, 6.07) is 8.03. The fourth-order valence-corrected chi connectivity index (χ4v) is 3.17. The molecule has 2 fully saturated rings. The third-order valence-electron chi connectivity index (χ3n) is 5.00. The molecule has 4 heteroatoms. The quantitative estimate of drug-likeness (QED) is 0.857. The summed E-state index contributed by atoms with van der Waals surface area (Å²) in [5.74, 6) is 0.733. The van der Waals surface area contributed by atoms with E-state index in [2.05, 4.69) is 0 Å². The summed E-state index contributed by atoms with van der Waals surface area (Å²) in [7, 11) is 0. The van der Waals surface area contributed by atoms with Crippen molar-refractivity contribution in [2.45, 2.75) is 32.6 Å². The molecule has 1 aromatic carbocycles. The van der Waals surface area contributed by atoms with Gasteiger partial charge in [-0.1, -0.05) is 30.7 Å². The average molecular weight is 300 g/mol. The van der Waals surface area contributed by atoms with Crippen LogP contribution in [0, 0.1) is 12.8 Å². The molecule has 22 heavy (non-hydrogen) atoms. The summed E-state index contributed by atoms with van der Waals surface area (Å²) in [5, 5.41) is 0. The number of carbonyl (C=O) groups is 2. The van der Waals surface area contributed by atoms with Gasteiger partial charge in [0.2, 0.25) is 11.8 Å². The molecule has 0 radical (unpaired) electrons. The van der Waals surface area contributed by atoms with E-state index in [-0.39, 0.29) is 11.8 Å². The molecule has 0 N–H and O–H groups in total. The second-order valence-electron chi connectivity index (χ2n) is 6.44. The summed E-state index contributed by atoms with van der Waals surface area (Å²) in [6.07, 6.45) is 3.74. The maximum absolute atomic E-state index is 12.4. The standard InChI is InChI=1S/C18H24N2O2/c1-14-5-2-3-6-16(14)13-17(21)19-9-11-20(12-10-19)18(22)15-7-4-8-15/h2-3,5-6,15H,4,7-13H2,1H3. The molecular weight excluding hydrogens is 276 g/mol. The predicted octanol–water partition coefficient (Wildman–Crippen LogP) is 2.01. The van der Waals surface area contributed by atoms with Crippen LogP contribution in [0.25, 0.3) is 0 Å². The van der Waals surface area contributed by atoms with Crippen molar-refractivity contribution in [1.82, 2.24) is 9.80 Å². The molecule has 1 saturated heterocycles. The van der Waals surface area contributed by atoms with Gasteiger partial charge in [-0.25, -0.2) is 0 Å². The number of amides is 2. The number of benzene rings is 1. The highest BCUT2D eigenvalue weighted by atomic mass is 16.2. The van der Waals surface area contributed by atoms with Gasteiger partial charge >= 0.3 is 0 Å². The van der Waals surface area contributed by atoms with Gasteiger partial charge in [-0.05, 0) is 30.9 Å². The van der Waals surface area contributed by atoms with Gasteiger partial charge in [0.1, 0.15) is 0 Å². The highest BCUT2D eigenvalue weighted by Gasteiger charge is 2.31. The fraction of sp³-hybridized carbons (Fsp3) is 0.556. The van der Waals surface area contributed by atoms with Crippen molar-refractivity contribution in [1.29, 1.82) is 0 Å². The zero-order valence-electron chi connectivity index (χ0n) is 13.3. The van der Waals surface area contributed by atoms with Crippen LogP contribution in [0.15, 0.2) is 24.3 Å². The van der Waals surface area contributed by atoms with E-state index in [1.807, 2.05) is 41.0 Å². The lowest BCUT2D eigenvalue weighted by molar-refractivity contribution is -0.143. The largest absolute Gasteiger partial charge is 0.339 e. The van der Waals surface area contributed by atoms with E-state index < -0.39 is 0 Å². The molecular formula is C18H24N2O2. The Labute approximate surface area is 132 Å². The molecule has 1 aliphatic carbocycles. The minimum absolute atomic E-state index is 0.171. The average Bonchev–Trinajstić information content (AvgIpc) is 2.48. The van der Waals surface area contributed by atoms with Crippen LogP contribution in [0.3, 0.4) is 0 Å². The van der Waals surface area contributed by atoms with Crippen LogP contribution < -0.4 is 0 Å². The van der Waals surface area contributed by atoms with Crippen molar-refractivity contribution >= 4 is 11.8 Å². The van der Waals surface area contributed by atoms with E-state index in [9.17, 15) is 9.59 Å². The molecule has 0 spiro atoms. The second-order valence-corrected chi connectivity index (χ2v) is 6.44. The maximum atomic E-state index is 12.4. The lowest BCUT2D eigenvalue weighted by Gasteiger charge is -2.38. The Morgan fingerprint density at radius 3 is 2.27 bits per heavy atom. The molecule has 0 aromatic heterocycles. The van der Waals surface area contributed by atoms with Crippen molar-refractivity contribution in [2.75, 3.05) is 26.2 Å². The molecule has 1 aromatic rings. The second kappa shape index (κ2) is 6.51. The summed E-state index contributed by atoms with van der Waals surface area (Å²) < 4.78 is 0. The first kappa shape index (κ1) is 15.1. The van der Waals surface area contributed by atoms with Crippen LogP contribution in [0.1, 0.15) is 30.4 Å². The van der Waals surface area contributed by atoms with Gasteiger partial charge in [0.25, 0.3) is 0 Å². The van der Waals surface area contributed by atoms with Crippen molar-refractivity contribution in [2.24, 2.45) is 5.92 Å². The predicted molar refractivity (Wildman–Crippen MR) is 85.4 cm³/mol. The number of nitrogens with zero attached hydrogens (tertiary/aromatic N) is 2. The third-order valence-corrected chi connectivity index (χ3v) is 5.00. The SMILES string of the molecule is Cc1ccccc1CC(=O)N1CCN(C(=O)C2CCC2)CC1. The first-order chi connectivity index (χ1) is 10.6. The summed E-state index contributed by atoms with van der Waals surface area (Å²) in [5.41, 5.74) is 2.26. The lowest BCUT2D eigenvalue weighted by atomic mass is 9.84. The number of hydrogen-bond donors (Lipinski definition) is 0. The molecule has 2 aliphatic rings. The summed E-state index contributed by atoms with van der Waals surface area (Å²) in [6.45, 7) is 4.76. The van der Waals surface area contributed by atoms with Gasteiger partial charge in [0.05, 0.1) is 6.42 Å². The molecule has 4 nitrogen and oxygen atoms in total. The van der Waals surface area contributed by atoms with Gasteiger partial charge in [-0.3, -0.25) is 9.59 Å². The minimum atomic E-state index is 0.171. The molecule has 0 atom stereocenters. The Bertz CT molecular complexity index is 558. The van der Waals surface area contributed by atoms with Crippen LogP contribution in [0.2, 0.25) is 0 Å². The zero-order chi connectivity index (χ0) is 15.5. The third kappa shape index (κ3) is 3.16. The van der Waals surface area contributed by atoms with Crippen molar-refractivity contribution < 1.29 is 9.59 Å². The van der Waals surface area contributed by atoms with Crippen LogP contribution in [0.4, 0.5) is 0 Å². The van der Waals surface area contributed by atoms with Gasteiger partial charge in [0.15, 0.2) is 0 Å². The summed E-state index contributed by atoms with van der Waals surface area (Å²) in [4.78, 5) is 28.5. The van der Waals surface area contributed by atoms with Crippen molar-refractivity contribution in [3.8, 4) is 0 Å². The number of carbonyl (C=O) groups excluding carboxylic acids is 2. The van der Waals surface area contributed by atoms with Crippen LogP contribution in [0.5, 0.6) is 0 Å². The van der Waals surface area contributed by atoms with E-state index >= 15 is 0 Å². The molecule has 0 unspecified atom stereocenters. The highest BCUT2D eigenvalue weighted by molar-refractivity contribution is 5.81. The molecule has 0 bridgehead atoms.